The second-order valence-corrected chi connectivity index (χ2v) is 3.08. The minimum atomic E-state index is 0.331. The van der Waals surface area contributed by atoms with Gasteiger partial charge in [0.05, 0.1) is 6.61 Å². The van der Waals surface area contributed by atoms with Gasteiger partial charge in [0.2, 0.25) is 0 Å². The Hall–Kier alpha value is -0.120. The molecule has 0 aliphatic rings. The summed E-state index contributed by atoms with van der Waals surface area (Å²) in [6.07, 6.45) is 4.50. The maximum absolute atomic E-state index is 8.53. The summed E-state index contributed by atoms with van der Waals surface area (Å²) in [5.74, 6) is 0. The molecule has 0 unspecified atom stereocenters. The highest BCUT2D eigenvalue weighted by Crippen LogP contribution is 1.97. The number of rotatable bonds is 10. The zero-order valence-corrected chi connectivity index (χ0v) is 8.72. The van der Waals surface area contributed by atoms with E-state index in [9.17, 15) is 0 Å². The molecular formula is C10H23NO2. The Bertz CT molecular complexity index is 79.0. The largest absolute Gasteiger partial charge is 0.396 e. The highest BCUT2D eigenvalue weighted by molar-refractivity contribution is 4.48. The van der Waals surface area contributed by atoms with Crippen molar-refractivity contribution in [1.82, 2.24) is 5.32 Å². The quantitative estimate of drug-likeness (QED) is 0.507. The van der Waals surface area contributed by atoms with E-state index in [1.807, 2.05) is 6.92 Å². The first-order valence-electron chi connectivity index (χ1n) is 5.31. The van der Waals surface area contributed by atoms with Gasteiger partial charge in [-0.25, -0.2) is 0 Å². The summed E-state index contributed by atoms with van der Waals surface area (Å²) in [5, 5.41) is 11.8. The average Bonchev–Trinajstić information content (AvgIpc) is 2.16. The fraction of sp³-hybridized carbons (Fsp3) is 1.00. The third kappa shape index (κ3) is 11.9. The predicted octanol–water partition coefficient (Wildman–Crippen LogP) is 1.17. The topological polar surface area (TPSA) is 41.5 Å². The molecule has 0 aliphatic heterocycles. The van der Waals surface area contributed by atoms with E-state index in [-0.39, 0.29) is 0 Å². The number of hydrogen-bond donors (Lipinski definition) is 2. The first-order valence-corrected chi connectivity index (χ1v) is 5.31. The molecular weight excluding hydrogens is 166 g/mol. The summed E-state index contributed by atoms with van der Waals surface area (Å²) in [5.41, 5.74) is 0. The van der Waals surface area contributed by atoms with Gasteiger partial charge in [-0.05, 0) is 26.3 Å². The second kappa shape index (κ2) is 11.9. The number of nitrogens with one attached hydrogen (secondary N) is 1. The van der Waals surface area contributed by atoms with Gasteiger partial charge >= 0.3 is 0 Å². The number of hydrogen-bond acceptors (Lipinski definition) is 3. The maximum Gasteiger partial charge on any atom is 0.0590 e. The molecule has 0 amide bonds. The van der Waals surface area contributed by atoms with Crippen molar-refractivity contribution in [3.8, 4) is 0 Å². The summed E-state index contributed by atoms with van der Waals surface area (Å²) in [6, 6.07) is 0. The van der Waals surface area contributed by atoms with Gasteiger partial charge in [-0.2, -0.15) is 0 Å². The lowest BCUT2D eigenvalue weighted by Crippen LogP contribution is -2.20. The maximum atomic E-state index is 8.53. The average molecular weight is 189 g/mol. The third-order valence-electron chi connectivity index (χ3n) is 1.89. The molecule has 0 saturated carbocycles. The fourth-order valence-electron chi connectivity index (χ4n) is 1.13. The molecule has 0 aliphatic carbocycles. The Morgan fingerprint density at radius 1 is 1.08 bits per heavy atom. The Kier molecular flexibility index (Phi) is 11.8. The van der Waals surface area contributed by atoms with Gasteiger partial charge in [0, 0.05) is 19.8 Å². The molecule has 0 fully saturated rings. The van der Waals surface area contributed by atoms with E-state index in [0.29, 0.717) is 6.61 Å². The van der Waals surface area contributed by atoms with Crippen molar-refractivity contribution in [3.05, 3.63) is 0 Å². The molecule has 0 heterocycles. The van der Waals surface area contributed by atoms with E-state index >= 15 is 0 Å². The van der Waals surface area contributed by atoms with E-state index in [1.165, 1.54) is 12.8 Å². The van der Waals surface area contributed by atoms with Crippen molar-refractivity contribution in [1.29, 1.82) is 0 Å². The van der Waals surface area contributed by atoms with Crippen LogP contribution in [-0.4, -0.2) is 38.0 Å². The normalized spacial score (nSPS) is 10.6. The molecule has 0 aromatic heterocycles. The van der Waals surface area contributed by atoms with Crippen molar-refractivity contribution >= 4 is 0 Å². The summed E-state index contributed by atoms with van der Waals surface area (Å²) in [6.45, 7) is 5.98. The molecule has 0 rings (SSSR count). The first-order chi connectivity index (χ1) is 6.41. The Morgan fingerprint density at radius 2 is 1.85 bits per heavy atom. The van der Waals surface area contributed by atoms with Crippen LogP contribution in [0.25, 0.3) is 0 Å². The monoisotopic (exact) mass is 189 g/mol. The summed E-state index contributed by atoms with van der Waals surface area (Å²) in [7, 11) is 0. The summed E-state index contributed by atoms with van der Waals surface area (Å²) < 4.78 is 5.18. The van der Waals surface area contributed by atoms with E-state index in [2.05, 4.69) is 5.32 Å². The van der Waals surface area contributed by atoms with E-state index in [4.69, 9.17) is 9.84 Å². The molecule has 0 atom stereocenters. The zero-order valence-electron chi connectivity index (χ0n) is 8.72. The standard InChI is InChI=1S/C10H23NO2/c1-2-13-10-8-11-7-5-3-4-6-9-12/h11-12H,2-10H2,1H3. The van der Waals surface area contributed by atoms with Gasteiger partial charge in [0.25, 0.3) is 0 Å². The minimum Gasteiger partial charge on any atom is -0.396 e. The molecule has 0 saturated heterocycles. The van der Waals surface area contributed by atoms with Crippen LogP contribution in [0.1, 0.15) is 32.6 Å². The number of ether oxygens (including phenoxy) is 1. The van der Waals surface area contributed by atoms with Crippen LogP contribution in [0.5, 0.6) is 0 Å². The van der Waals surface area contributed by atoms with Crippen LogP contribution in [-0.2, 0) is 4.74 Å². The number of unbranched alkanes of at least 4 members (excludes halogenated alkanes) is 3. The highest BCUT2D eigenvalue weighted by Gasteiger charge is 1.89. The van der Waals surface area contributed by atoms with Crippen molar-refractivity contribution in [2.45, 2.75) is 32.6 Å². The van der Waals surface area contributed by atoms with Crippen molar-refractivity contribution < 1.29 is 9.84 Å². The molecule has 0 bridgehead atoms. The molecule has 0 radical (unpaired) electrons. The summed E-state index contributed by atoms with van der Waals surface area (Å²) >= 11 is 0. The van der Waals surface area contributed by atoms with Gasteiger partial charge in [-0.15, -0.1) is 0 Å². The smallest absolute Gasteiger partial charge is 0.0590 e. The first kappa shape index (κ1) is 12.9. The second-order valence-electron chi connectivity index (χ2n) is 3.08. The molecule has 0 aromatic carbocycles. The zero-order chi connectivity index (χ0) is 9.78. The van der Waals surface area contributed by atoms with Gasteiger partial charge in [-0.3, -0.25) is 0 Å². The lowest BCUT2D eigenvalue weighted by atomic mass is 10.2. The van der Waals surface area contributed by atoms with Crippen molar-refractivity contribution in [2.75, 3.05) is 32.9 Å². The van der Waals surface area contributed by atoms with Gasteiger partial charge < -0.3 is 15.2 Å². The molecule has 0 aromatic rings. The van der Waals surface area contributed by atoms with Crippen molar-refractivity contribution in [2.24, 2.45) is 0 Å². The van der Waals surface area contributed by atoms with E-state index in [0.717, 1.165) is 39.1 Å². The Morgan fingerprint density at radius 3 is 2.54 bits per heavy atom. The number of aliphatic hydroxyl groups excluding tert-OH is 1. The van der Waals surface area contributed by atoms with E-state index < -0.39 is 0 Å². The highest BCUT2D eigenvalue weighted by atomic mass is 16.5. The van der Waals surface area contributed by atoms with Crippen LogP contribution < -0.4 is 5.32 Å². The molecule has 80 valence electrons. The fourth-order valence-corrected chi connectivity index (χ4v) is 1.13. The Balaban J connectivity index is 2.76. The minimum absolute atomic E-state index is 0.331. The van der Waals surface area contributed by atoms with Gasteiger partial charge in [0.15, 0.2) is 0 Å². The van der Waals surface area contributed by atoms with Crippen molar-refractivity contribution in [3.63, 3.8) is 0 Å². The molecule has 3 heteroatoms. The number of aliphatic hydroxyl groups is 1. The Labute approximate surface area is 81.5 Å². The van der Waals surface area contributed by atoms with Gasteiger partial charge in [-0.1, -0.05) is 12.8 Å². The molecule has 0 spiro atoms. The third-order valence-corrected chi connectivity index (χ3v) is 1.89. The lowest BCUT2D eigenvalue weighted by molar-refractivity contribution is 0.149. The van der Waals surface area contributed by atoms with Gasteiger partial charge in [0.1, 0.15) is 0 Å². The van der Waals surface area contributed by atoms with Crippen LogP contribution in [0.3, 0.4) is 0 Å². The molecule has 2 N–H and O–H groups in total. The lowest BCUT2D eigenvalue weighted by Gasteiger charge is -2.04. The van der Waals surface area contributed by atoms with Crippen LogP contribution in [0, 0.1) is 0 Å². The molecule has 13 heavy (non-hydrogen) atoms. The van der Waals surface area contributed by atoms with Crippen LogP contribution in [0.2, 0.25) is 0 Å². The van der Waals surface area contributed by atoms with E-state index in [1.54, 1.807) is 0 Å². The van der Waals surface area contributed by atoms with Crippen LogP contribution in [0.4, 0.5) is 0 Å². The molecule has 3 nitrogen and oxygen atoms in total. The van der Waals surface area contributed by atoms with Crippen LogP contribution >= 0.6 is 0 Å². The van der Waals surface area contributed by atoms with Crippen LogP contribution in [0.15, 0.2) is 0 Å². The predicted molar refractivity (Wildman–Crippen MR) is 54.9 cm³/mol. The SMILES string of the molecule is CCOCCNCCCCCCO. The summed E-state index contributed by atoms with van der Waals surface area (Å²) in [4.78, 5) is 0.